The van der Waals surface area contributed by atoms with Crippen molar-refractivity contribution in [2.24, 2.45) is 50.3 Å². The number of likely N-dealkylation sites (N-methyl/N-ethyl adjacent to an activating group) is 1. The number of carbonyl (C=O) groups is 11. The second kappa shape index (κ2) is 37.9. The molecule has 28 N–H and O–H groups in total. The van der Waals surface area contributed by atoms with Crippen molar-refractivity contribution in [1.29, 1.82) is 0 Å². The standard InChI is InChI=1S/C53H92N20O15/c1-26(2)21-34(41(55)79)67-43(81)32(12-9-19-61-51(56)57)65-46(84)35(22-29-14-16-30(76)17-15-29)68-44(82)31(11-7-8-18-54)64-47(85)36(23-39(77)78)69-50(88)40(28(4)75)71-42(80)27(3)63-49(87)38(25-74)70-45(83)33(13-10-20-62-52(58)59)66-48(86)37(60-6)24-53(5)72-73-53/h14-17,26-28,31-38,40,60,72-76H,7-13,18-25,54H2,1-6H3,(H2,55,79)(H,63,87)(H,64,85)(H,65,84)(H,66,86)(H,67,81)(H,68,82)(H,69,88)(H,70,83)(H,71,80)(H,77,78)(H4,56,57,61)(H4,58,59,62)/t27-,28+,31-,32-,33-,34-,35-,36-,37-,38-,40-/m0/s1. The zero-order chi connectivity index (χ0) is 66.4. The molecular formula is C53H92N20O15. The summed E-state index contributed by atoms with van der Waals surface area (Å²) < 4.78 is 0. The maximum absolute atomic E-state index is 14.4. The maximum Gasteiger partial charge on any atom is 0.305 e. The maximum atomic E-state index is 14.4. The Morgan fingerprint density at radius 3 is 1.42 bits per heavy atom. The molecule has 35 heteroatoms. The number of nitrogens with two attached hydrogens (primary N) is 6. The fourth-order valence-electron chi connectivity index (χ4n) is 8.58. The Bertz CT molecular complexity index is 2580. The third-order valence-electron chi connectivity index (χ3n) is 13.6. The number of hydrogen-bond acceptors (Lipinski definition) is 20. The molecular weight excluding hydrogens is 1160 g/mol. The van der Waals surface area contributed by atoms with E-state index in [1.807, 2.05) is 0 Å². The number of nitrogens with zero attached hydrogens (tertiary/aromatic N) is 2. The van der Waals surface area contributed by atoms with Crippen LogP contribution in [0.15, 0.2) is 34.3 Å². The van der Waals surface area contributed by atoms with Crippen LogP contribution < -0.4 is 98.4 Å². The number of unbranched alkanes of at least 4 members (excludes halogenated alkanes) is 1. The minimum Gasteiger partial charge on any atom is -0.508 e. The average Bonchev–Trinajstić information content (AvgIpc) is 4.38. The topological polar surface area (TPSA) is 614 Å². The van der Waals surface area contributed by atoms with E-state index in [4.69, 9.17) is 34.4 Å². The van der Waals surface area contributed by atoms with Gasteiger partial charge in [0.05, 0.1) is 30.8 Å². The molecule has 494 valence electrons. The number of rotatable bonds is 42. The smallest absolute Gasteiger partial charge is 0.305 e. The van der Waals surface area contributed by atoms with E-state index in [-0.39, 0.29) is 101 Å². The zero-order valence-electron chi connectivity index (χ0n) is 50.5. The van der Waals surface area contributed by atoms with Crippen LogP contribution in [0, 0.1) is 5.92 Å². The summed E-state index contributed by atoms with van der Waals surface area (Å²) in [4.78, 5) is 157. The van der Waals surface area contributed by atoms with Gasteiger partial charge in [0.15, 0.2) is 11.9 Å². The average molecular weight is 1250 g/mol. The summed E-state index contributed by atoms with van der Waals surface area (Å²) in [6.45, 7) is 6.85. The first kappa shape index (κ1) is 75.6. The number of carboxylic acid groups (broad SMARTS) is 1. The van der Waals surface area contributed by atoms with Gasteiger partial charge in [-0.1, -0.05) is 26.0 Å². The molecule has 1 aromatic rings. The van der Waals surface area contributed by atoms with Crippen LogP contribution in [-0.2, 0) is 59.2 Å². The van der Waals surface area contributed by atoms with E-state index >= 15 is 0 Å². The molecule has 0 spiro atoms. The van der Waals surface area contributed by atoms with Crippen molar-refractivity contribution in [3.63, 3.8) is 0 Å². The number of phenols is 1. The van der Waals surface area contributed by atoms with E-state index in [9.17, 15) is 73.2 Å². The van der Waals surface area contributed by atoms with E-state index < -0.39 is 150 Å². The van der Waals surface area contributed by atoms with E-state index in [1.165, 1.54) is 24.3 Å². The van der Waals surface area contributed by atoms with Gasteiger partial charge in [0.1, 0.15) is 60.1 Å². The lowest BCUT2D eigenvalue weighted by molar-refractivity contribution is -0.142. The van der Waals surface area contributed by atoms with Gasteiger partial charge in [-0.15, -0.1) is 0 Å². The molecule has 0 radical (unpaired) electrons. The predicted molar refractivity (Wildman–Crippen MR) is 319 cm³/mol. The molecule has 1 aliphatic heterocycles. The number of aliphatic carboxylic acids is 1. The number of amides is 10. The Labute approximate surface area is 509 Å². The molecule has 10 amide bonds. The highest BCUT2D eigenvalue weighted by Gasteiger charge is 2.41. The number of primary amides is 1. The normalized spacial score (nSPS) is 16.0. The molecule has 11 atom stereocenters. The van der Waals surface area contributed by atoms with Gasteiger partial charge >= 0.3 is 5.97 Å². The number of guanidine groups is 2. The Hall–Kier alpha value is -8.51. The number of carbonyl (C=O) groups excluding carboxylic acids is 10. The molecule has 1 fully saturated rings. The molecule has 2 rings (SSSR count). The van der Waals surface area contributed by atoms with Crippen LogP contribution in [0.4, 0.5) is 0 Å². The predicted octanol–water partition coefficient (Wildman–Crippen LogP) is -8.26. The van der Waals surface area contributed by atoms with Crippen LogP contribution in [0.2, 0.25) is 0 Å². The van der Waals surface area contributed by atoms with Crippen LogP contribution in [0.3, 0.4) is 0 Å². The minimum absolute atomic E-state index is 0.0266. The lowest BCUT2D eigenvalue weighted by Crippen LogP contribution is -2.62. The Balaban J connectivity index is 2.38. The molecule has 1 heterocycles. The van der Waals surface area contributed by atoms with Crippen molar-refractivity contribution < 1.29 is 73.2 Å². The van der Waals surface area contributed by atoms with Gasteiger partial charge in [-0.2, -0.15) is 0 Å². The summed E-state index contributed by atoms with van der Waals surface area (Å²) in [5.41, 5.74) is 38.8. The Kier molecular flexibility index (Phi) is 32.6. The molecule has 0 unspecified atom stereocenters. The highest BCUT2D eigenvalue weighted by atomic mass is 16.4. The van der Waals surface area contributed by atoms with Crippen molar-refractivity contribution in [2.45, 2.75) is 177 Å². The molecule has 0 aromatic heterocycles. The lowest BCUT2D eigenvalue weighted by Gasteiger charge is -2.28. The van der Waals surface area contributed by atoms with Crippen LogP contribution in [-0.4, -0.2) is 203 Å². The van der Waals surface area contributed by atoms with Gasteiger partial charge in [0, 0.05) is 25.9 Å². The van der Waals surface area contributed by atoms with Gasteiger partial charge in [0.25, 0.3) is 0 Å². The number of hydrazine groups is 1. The lowest BCUT2D eigenvalue weighted by atomic mass is 10.0. The van der Waals surface area contributed by atoms with Crippen LogP contribution in [0.5, 0.6) is 5.75 Å². The largest absolute Gasteiger partial charge is 0.508 e. The molecule has 88 heavy (non-hydrogen) atoms. The van der Waals surface area contributed by atoms with E-state index in [0.29, 0.717) is 12.0 Å². The summed E-state index contributed by atoms with van der Waals surface area (Å²) >= 11 is 0. The van der Waals surface area contributed by atoms with Crippen molar-refractivity contribution in [3.8, 4) is 5.75 Å². The van der Waals surface area contributed by atoms with Crippen molar-refractivity contribution in [2.75, 3.05) is 33.3 Å². The number of nitrogens with one attached hydrogen (secondary N) is 12. The summed E-state index contributed by atoms with van der Waals surface area (Å²) in [5.74, 6) is -12.1. The van der Waals surface area contributed by atoms with E-state index in [0.717, 1.165) is 13.8 Å². The highest BCUT2D eigenvalue weighted by molar-refractivity contribution is 5.99. The first-order valence-corrected chi connectivity index (χ1v) is 28.7. The number of hydrogen-bond donors (Lipinski definition) is 22. The first-order valence-electron chi connectivity index (χ1n) is 28.7. The van der Waals surface area contributed by atoms with Crippen molar-refractivity contribution >= 4 is 77.0 Å². The molecule has 0 bridgehead atoms. The zero-order valence-corrected chi connectivity index (χ0v) is 50.5. The molecule has 1 aliphatic rings. The van der Waals surface area contributed by atoms with Gasteiger partial charge < -0.3 is 108 Å². The third-order valence-corrected chi connectivity index (χ3v) is 13.6. The number of aromatic hydroxyl groups is 1. The second-order valence-corrected chi connectivity index (χ2v) is 21.9. The number of benzene rings is 1. The first-order chi connectivity index (χ1) is 41.3. The third kappa shape index (κ3) is 28.3. The van der Waals surface area contributed by atoms with Crippen LogP contribution in [0.1, 0.15) is 104 Å². The Morgan fingerprint density at radius 2 is 0.989 bits per heavy atom. The van der Waals surface area contributed by atoms with Crippen molar-refractivity contribution in [3.05, 3.63) is 29.8 Å². The van der Waals surface area contributed by atoms with Crippen LogP contribution >= 0.6 is 0 Å². The van der Waals surface area contributed by atoms with Crippen LogP contribution in [0.25, 0.3) is 0 Å². The molecule has 1 aromatic carbocycles. The number of aliphatic imine (C=N–C) groups is 2. The number of carboxylic acids is 1. The van der Waals surface area contributed by atoms with Gasteiger partial charge in [0.2, 0.25) is 59.1 Å². The van der Waals surface area contributed by atoms with Crippen molar-refractivity contribution in [1.82, 2.24) is 64.0 Å². The minimum atomic E-state index is -2.01. The summed E-state index contributed by atoms with van der Waals surface area (Å²) in [6, 6.07) is -9.35. The monoisotopic (exact) mass is 1250 g/mol. The molecule has 0 saturated carbocycles. The number of phenolic OH excluding ortho intramolecular Hbond substituents is 1. The fraction of sp³-hybridized carbons (Fsp3) is 0.642. The SMILES string of the molecule is CN[C@@H](CC1(C)NN1)C(=O)N[C@@H](CCCN=C(N)N)C(=O)N[C@@H](CO)C(=O)N[C@@H](C)C(=O)N[C@H](C(=O)N[C@@H](CC(=O)O)C(=O)N[C@@H](CCCCN)C(=O)N[C@@H](Cc1ccc(O)cc1)C(=O)N[C@@H](CCCN=C(N)N)C(=O)N[C@@H](CC(C)C)C(N)=O)[C@@H](C)O. The summed E-state index contributed by atoms with van der Waals surface area (Å²) in [7, 11) is 1.54. The summed E-state index contributed by atoms with van der Waals surface area (Å²) in [6.07, 6.45) is -2.18. The number of aliphatic hydroxyl groups excluding tert-OH is 2. The fourth-order valence-corrected chi connectivity index (χ4v) is 8.58. The highest BCUT2D eigenvalue weighted by Crippen LogP contribution is 2.17. The molecule has 0 aliphatic carbocycles. The second-order valence-electron chi connectivity index (χ2n) is 21.9. The van der Waals surface area contributed by atoms with Gasteiger partial charge in [-0.05, 0) is 109 Å². The molecule has 35 nitrogen and oxygen atoms in total. The number of aliphatic hydroxyl groups is 2. The quantitative estimate of drug-likeness (QED) is 0.0125. The van der Waals surface area contributed by atoms with Gasteiger partial charge in [-0.3, -0.25) is 62.7 Å². The summed E-state index contributed by atoms with van der Waals surface area (Å²) in [5, 5.41) is 65.5. The Morgan fingerprint density at radius 1 is 0.557 bits per heavy atom. The van der Waals surface area contributed by atoms with Gasteiger partial charge in [-0.25, -0.2) is 10.9 Å². The van der Waals surface area contributed by atoms with E-state index in [2.05, 4.69) is 74.0 Å². The van der Waals surface area contributed by atoms with E-state index in [1.54, 1.807) is 27.8 Å². The molecule has 1 saturated heterocycles.